The number of rotatable bonds is 6. The number of aromatic carboxylic acids is 1. The van der Waals surface area contributed by atoms with E-state index >= 15 is 0 Å². The fourth-order valence-electron chi connectivity index (χ4n) is 1.45. The van der Waals surface area contributed by atoms with Crippen LogP contribution in [-0.4, -0.2) is 26.1 Å². The summed E-state index contributed by atoms with van der Waals surface area (Å²) in [7, 11) is -3.99. The molecule has 1 aromatic rings. The molecule has 0 aliphatic carbocycles. The first kappa shape index (κ1) is 16.9. The predicted octanol–water partition coefficient (Wildman–Crippen LogP) is 1.35. The highest BCUT2D eigenvalue weighted by atomic mass is 32.2. The molecule has 8 heteroatoms. The number of nitrogens with two attached hydrogens (primary N) is 1. The molecule has 0 heterocycles. The highest BCUT2D eigenvalue weighted by Crippen LogP contribution is 2.24. The van der Waals surface area contributed by atoms with Crippen LogP contribution in [0, 0.1) is 16.7 Å². The van der Waals surface area contributed by atoms with E-state index in [1.165, 1.54) is 12.1 Å². The summed E-state index contributed by atoms with van der Waals surface area (Å²) >= 11 is 0. The van der Waals surface area contributed by atoms with Gasteiger partial charge in [-0.1, -0.05) is 0 Å². The van der Waals surface area contributed by atoms with Crippen molar-refractivity contribution in [1.82, 2.24) is 0 Å². The Kier molecular flexibility index (Phi) is 4.93. The molecule has 0 aliphatic heterocycles. The Balaban J connectivity index is 2.99. The lowest BCUT2D eigenvalue weighted by Crippen LogP contribution is -2.15. The summed E-state index contributed by atoms with van der Waals surface area (Å²) in [6.07, 6.45) is 0.402. The molecule has 0 unspecified atom stereocenters. The maximum absolute atomic E-state index is 11.2. The lowest BCUT2D eigenvalue weighted by atomic mass is 9.92. The van der Waals surface area contributed by atoms with Crippen LogP contribution in [0.1, 0.15) is 30.6 Å². The SMILES string of the molecule is CC(C)(C#N)CCOc1ccc(S(N)(=O)=O)cc1C(=O)O. The summed E-state index contributed by atoms with van der Waals surface area (Å²) in [4.78, 5) is 10.8. The van der Waals surface area contributed by atoms with E-state index in [1.807, 2.05) is 0 Å². The predicted molar refractivity (Wildman–Crippen MR) is 74.3 cm³/mol. The number of carboxylic acid groups (broad SMARTS) is 1. The van der Waals surface area contributed by atoms with Gasteiger partial charge in [0, 0.05) is 0 Å². The van der Waals surface area contributed by atoms with Gasteiger partial charge in [-0.3, -0.25) is 0 Å². The summed E-state index contributed by atoms with van der Waals surface area (Å²) < 4.78 is 27.8. The molecule has 0 saturated heterocycles. The molecule has 0 amide bonds. The van der Waals surface area contributed by atoms with Crippen LogP contribution in [-0.2, 0) is 10.0 Å². The quantitative estimate of drug-likeness (QED) is 0.815. The second-order valence-corrected chi connectivity index (χ2v) is 6.66. The van der Waals surface area contributed by atoms with Gasteiger partial charge in [-0.2, -0.15) is 5.26 Å². The number of nitrogens with zero attached hydrogens (tertiary/aromatic N) is 1. The topological polar surface area (TPSA) is 130 Å². The molecule has 0 spiro atoms. The highest BCUT2D eigenvalue weighted by molar-refractivity contribution is 7.89. The first-order valence-corrected chi connectivity index (χ1v) is 7.56. The number of carboxylic acids is 1. The molecule has 0 bridgehead atoms. The molecular formula is C13H16N2O5S. The standard InChI is InChI=1S/C13H16N2O5S/c1-13(2,8-14)5-6-20-11-4-3-9(21(15,18)19)7-10(11)12(16)17/h3-4,7H,5-6H2,1-2H3,(H,16,17)(H2,15,18,19). The van der Waals surface area contributed by atoms with Gasteiger partial charge in [-0.25, -0.2) is 18.4 Å². The summed E-state index contributed by atoms with van der Waals surface area (Å²) in [6.45, 7) is 3.60. The van der Waals surface area contributed by atoms with E-state index in [1.54, 1.807) is 13.8 Å². The van der Waals surface area contributed by atoms with Crippen molar-refractivity contribution < 1.29 is 23.1 Å². The van der Waals surface area contributed by atoms with Crippen LogP contribution in [0.4, 0.5) is 0 Å². The molecule has 0 fully saturated rings. The highest BCUT2D eigenvalue weighted by Gasteiger charge is 2.19. The van der Waals surface area contributed by atoms with Crippen LogP contribution < -0.4 is 9.88 Å². The van der Waals surface area contributed by atoms with Gasteiger partial charge in [-0.05, 0) is 38.5 Å². The van der Waals surface area contributed by atoms with Crippen LogP contribution in [0.15, 0.2) is 23.1 Å². The average molecular weight is 312 g/mol. The third kappa shape index (κ3) is 4.73. The Morgan fingerprint density at radius 3 is 2.57 bits per heavy atom. The second-order valence-electron chi connectivity index (χ2n) is 5.10. The monoisotopic (exact) mass is 312 g/mol. The minimum absolute atomic E-state index is 0.0311. The fourth-order valence-corrected chi connectivity index (χ4v) is 1.99. The van der Waals surface area contributed by atoms with Gasteiger partial charge >= 0.3 is 5.97 Å². The first-order chi connectivity index (χ1) is 9.57. The van der Waals surface area contributed by atoms with Crippen LogP contribution in [0.3, 0.4) is 0 Å². The lowest BCUT2D eigenvalue weighted by Gasteiger charge is -2.16. The normalized spacial score (nSPS) is 11.7. The van der Waals surface area contributed by atoms with E-state index in [4.69, 9.17) is 20.2 Å². The molecule has 1 aromatic carbocycles. The first-order valence-electron chi connectivity index (χ1n) is 6.01. The molecular weight excluding hydrogens is 296 g/mol. The van der Waals surface area contributed by atoms with Crippen molar-refractivity contribution in [2.45, 2.75) is 25.2 Å². The second kappa shape index (κ2) is 6.11. The van der Waals surface area contributed by atoms with Crippen molar-refractivity contribution in [2.75, 3.05) is 6.61 Å². The number of benzene rings is 1. The van der Waals surface area contributed by atoms with Gasteiger partial charge in [0.05, 0.1) is 23.0 Å². The Hall–Kier alpha value is -2.11. The summed E-state index contributed by atoms with van der Waals surface area (Å²) in [6, 6.07) is 5.46. The number of ether oxygens (including phenoxy) is 1. The van der Waals surface area contributed by atoms with E-state index in [-0.39, 0.29) is 22.8 Å². The van der Waals surface area contributed by atoms with Crippen LogP contribution in [0.25, 0.3) is 0 Å². The lowest BCUT2D eigenvalue weighted by molar-refractivity contribution is 0.0691. The minimum atomic E-state index is -3.99. The Bertz CT molecular complexity index is 689. The maximum atomic E-state index is 11.2. The zero-order valence-electron chi connectivity index (χ0n) is 11.7. The Labute approximate surface area is 123 Å². The molecule has 0 atom stereocenters. The summed E-state index contributed by atoms with van der Waals surface area (Å²) in [5.41, 5.74) is -0.888. The summed E-state index contributed by atoms with van der Waals surface area (Å²) in [5, 5.41) is 22.9. The molecule has 0 aromatic heterocycles. The van der Waals surface area contributed by atoms with Gasteiger partial charge < -0.3 is 9.84 Å². The number of hydrogen-bond donors (Lipinski definition) is 2. The van der Waals surface area contributed by atoms with Crippen molar-refractivity contribution in [2.24, 2.45) is 10.6 Å². The van der Waals surface area contributed by atoms with E-state index in [0.29, 0.717) is 6.42 Å². The number of primary sulfonamides is 1. The summed E-state index contributed by atoms with van der Waals surface area (Å²) in [5.74, 6) is -1.29. The molecule has 21 heavy (non-hydrogen) atoms. The zero-order valence-corrected chi connectivity index (χ0v) is 12.5. The Morgan fingerprint density at radius 2 is 2.10 bits per heavy atom. The van der Waals surface area contributed by atoms with Crippen LogP contribution in [0.5, 0.6) is 5.75 Å². The van der Waals surface area contributed by atoms with E-state index in [0.717, 1.165) is 6.07 Å². The molecule has 0 saturated carbocycles. The molecule has 1 rings (SSSR count). The molecule has 0 radical (unpaired) electrons. The van der Waals surface area contributed by atoms with Crippen molar-refractivity contribution in [3.05, 3.63) is 23.8 Å². The van der Waals surface area contributed by atoms with Gasteiger partial charge in [0.1, 0.15) is 11.3 Å². The van der Waals surface area contributed by atoms with Crippen LogP contribution in [0.2, 0.25) is 0 Å². The van der Waals surface area contributed by atoms with Crippen molar-refractivity contribution in [3.8, 4) is 11.8 Å². The van der Waals surface area contributed by atoms with Gasteiger partial charge in [0.2, 0.25) is 10.0 Å². The molecule has 7 nitrogen and oxygen atoms in total. The van der Waals surface area contributed by atoms with E-state index in [9.17, 15) is 13.2 Å². The van der Waals surface area contributed by atoms with Crippen LogP contribution >= 0.6 is 0 Å². The number of carbonyl (C=O) groups is 1. The third-order valence-corrected chi connectivity index (χ3v) is 3.71. The van der Waals surface area contributed by atoms with Gasteiger partial charge in [-0.15, -0.1) is 0 Å². The van der Waals surface area contributed by atoms with Gasteiger partial charge in [0.25, 0.3) is 0 Å². The number of nitriles is 1. The number of hydrogen-bond acceptors (Lipinski definition) is 5. The average Bonchev–Trinajstić information content (AvgIpc) is 2.37. The smallest absolute Gasteiger partial charge is 0.339 e. The van der Waals surface area contributed by atoms with Gasteiger partial charge in [0.15, 0.2) is 0 Å². The molecule has 3 N–H and O–H groups in total. The zero-order chi connectivity index (χ0) is 16.3. The van der Waals surface area contributed by atoms with Crippen molar-refractivity contribution in [1.29, 1.82) is 5.26 Å². The van der Waals surface area contributed by atoms with Crippen molar-refractivity contribution >= 4 is 16.0 Å². The van der Waals surface area contributed by atoms with Crippen molar-refractivity contribution in [3.63, 3.8) is 0 Å². The van der Waals surface area contributed by atoms with E-state index in [2.05, 4.69) is 6.07 Å². The molecule has 0 aliphatic rings. The minimum Gasteiger partial charge on any atom is -0.493 e. The maximum Gasteiger partial charge on any atom is 0.339 e. The molecule has 114 valence electrons. The Morgan fingerprint density at radius 1 is 1.48 bits per heavy atom. The fraction of sp³-hybridized carbons (Fsp3) is 0.385. The largest absolute Gasteiger partial charge is 0.493 e. The third-order valence-electron chi connectivity index (χ3n) is 2.80. The number of sulfonamides is 1. The van der Waals surface area contributed by atoms with E-state index < -0.39 is 21.4 Å².